The Labute approximate surface area is 118 Å². The molecule has 2 heteroatoms. The van der Waals surface area contributed by atoms with Crippen molar-refractivity contribution in [1.29, 1.82) is 0 Å². The summed E-state index contributed by atoms with van der Waals surface area (Å²) in [5.74, 6) is 0.859. The summed E-state index contributed by atoms with van der Waals surface area (Å²) < 4.78 is 0. The van der Waals surface area contributed by atoms with Crippen LogP contribution < -0.4 is 11.1 Å². The zero-order valence-electron chi connectivity index (χ0n) is 12.6. The minimum Gasteiger partial charge on any atom is -0.399 e. The third-order valence-corrected chi connectivity index (χ3v) is 3.46. The van der Waals surface area contributed by atoms with Gasteiger partial charge in [0.25, 0.3) is 0 Å². The zero-order valence-corrected chi connectivity index (χ0v) is 12.6. The number of anilines is 1. The van der Waals surface area contributed by atoms with Gasteiger partial charge >= 0.3 is 0 Å². The monoisotopic (exact) mass is 262 g/mol. The molecule has 0 bridgehead atoms. The largest absolute Gasteiger partial charge is 0.399 e. The molecular formula is C17H30N2. The molecule has 3 N–H and O–H groups in total. The summed E-state index contributed by atoms with van der Waals surface area (Å²) in [7, 11) is 0. The van der Waals surface area contributed by atoms with E-state index < -0.39 is 0 Å². The number of nitrogen functional groups attached to an aromatic ring is 1. The number of nitrogens with two attached hydrogens (primary N) is 1. The third-order valence-electron chi connectivity index (χ3n) is 3.46. The fourth-order valence-corrected chi connectivity index (χ4v) is 2.20. The van der Waals surface area contributed by atoms with Crippen LogP contribution in [-0.2, 0) is 6.42 Å². The van der Waals surface area contributed by atoms with Crippen molar-refractivity contribution in [1.82, 2.24) is 5.32 Å². The molecule has 2 nitrogen and oxygen atoms in total. The van der Waals surface area contributed by atoms with E-state index in [2.05, 4.69) is 31.3 Å². The first-order valence-corrected chi connectivity index (χ1v) is 7.73. The van der Waals surface area contributed by atoms with Crippen LogP contribution in [0.4, 0.5) is 5.69 Å². The summed E-state index contributed by atoms with van der Waals surface area (Å²) in [4.78, 5) is 0. The molecule has 1 aromatic carbocycles. The molecule has 0 saturated heterocycles. The molecule has 0 aliphatic carbocycles. The van der Waals surface area contributed by atoms with Crippen LogP contribution in [0, 0.1) is 5.92 Å². The van der Waals surface area contributed by atoms with E-state index in [0.717, 1.165) is 31.1 Å². The highest BCUT2D eigenvalue weighted by Crippen LogP contribution is 2.09. The average molecular weight is 262 g/mol. The Kier molecular flexibility index (Phi) is 8.31. The maximum Gasteiger partial charge on any atom is 0.0314 e. The predicted molar refractivity (Wildman–Crippen MR) is 85.4 cm³/mol. The van der Waals surface area contributed by atoms with E-state index in [1.54, 1.807) is 0 Å². The molecule has 0 spiro atoms. The SMILES string of the molecule is CC(C)CCCCCCNCCc1ccc(N)cc1. The van der Waals surface area contributed by atoms with Crippen LogP contribution >= 0.6 is 0 Å². The summed E-state index contributed by atoms with van der Waals surface area (Å²) in [6.45, 7) is 6.82. The first-order valence-electron chi connectivity index (χ1n) is 7.73. The van der Waals surface area contributed by atoms with Crippen molar-refractivity contribution in [3.63, 3.8) is 0 Å². The van der Waals surface area contributed by atoms with Crippen molar-refractivity contribution in [2.45, 2.75) is 52.4 Å². The molecule has 0 fully saturated rings. The van der Waals surface area contributed by atoms with Gasteiger partial charge in [-0.1, -0.05) is 51.7 Å². The van der Waals surface area contributed by atoms with Gasteiger partial charge < -0.3 is 11.1 Å². The van der Waals surface area contributed by atoms with Gasteiger partial charge in [0.05, 0.1) is 0 Å². The smallest absolute Gasteiger partial charge is 0.0314 e. The van der Waals surface area contributed by atoms with E-state index in [0.29, 0.717) is 0 Å². The van der Waals surface area contributed by atoms with E-state index in [-0.39, 0.29) is 0 Å². The van der Waals surface area contributed by atoms with Crippen molar-refractivity contribution in [3.8, 4) is 0 Å². The first-order chi connectivity index (χ1) is 9.18. The molecule has 0 aliphatic rings. The lowest BCUT2D eigenvalue weighted by Crippen LogP contribution is -2.18. The van der Waals surface area contributed by atoms with E-state index >= 15 is 0 Å². The summed E-state index contributed by atoms with van der Waals surface area (Å²) in [5.41, 5.74) is 7.87. The summed E-state index contributed by atoms with van der Waals surface area (Å²) in [6, 6.07) is 8.18. The molecule has 0 heterocycles. The van der Waals surface area contributed by atoms with E-state index in [4.69, 9.17) is 5.73 Å². The van der Waals surface area contributed by atoms with E-state index in [1.165, 1.54) is 37.7 Å². The van der Waals surface area contributed by atoms with Gasteiger partial charge in [0, 0.05) is 5.69 Å². The Morgan fingerprint density at radius 2 is 1.63 bits per heavy atom. The van der Waals surface area contributed by atoms with Crippen LogP contribution in [0.15, 0.2) is 24.3 Å². The van der Waals surface area contributed by atoms with Crippen LogP contribution in [0.2, 0.25) is 0 Å². The Hall–Kier alpha value is -1.02. The first kappa shape index (κ1) is 16.0. The predicted octanol–water partition coefficient (Wildman–Crippen LogP) is 4.01. The van der Waals surface area contributed by atoms with Crippen molar-refractivity contribution >= 4 is 5.69 Å². The molecule has 0 unspecified atom stereocenters. The second-order valence-electron chi connectivity index (χ2n) is 5.84. The van der Waals surface area contributed by atoms with Gasteiger partial charge in [-0.25, -0.2) is 0 Å². The fraction of sp³-hybridized carbons (Fsp3) is 0.647. The Morgan fingerprint density at radius 1 is 0.947 bits per heavy atom. The molecule has 0 aliphatic heterocycles. The highest BCUT2D eigenvalue weighted by Gasteiger charge is 1.95. The lowest BCUT2D eigenvalue weighted by Gasteiger charge is -2.06. The van der Waals surface area contributed by atoms with Crippen molar-refractivity contribution < 1.29 is 0 Å². The van der Waals surface area contributed by atoms with Gasteiger partial charge in [-0.3, -0.25) is 0 Å². The molecule has 0 radical (unpaired) electrons. The van der Waals surface area contributed by atoms with E-state index in [9.17, 15) is 0 Å². The van der Waals surface area contributed by atoms with Crippen LogP contribution in [0.5, 0.6) is 0 Å². The lowest BCUT2D eigenvalue weighted by molar-refractivity contribution is 0.512. The fourth-order valence-electron chi connectivity index (χ4n) is 2.20. The topological polar surface area (TPSA) is 38.0 Å². The molecule has 0 aromatic heterocycles. The Morgan fingerprint density at radius 3 is 2.32 bits per heavy atom. The Balaban J connectivity index is 1.90. The molecule has 0 atom stereocenters. The summed E-state index contributed by atoms with van der Waals surface area (Å²) >= 11 is 0. The number of hydrogen-bond donors (Lipinski definition) is 2. The number of nitrogens with one attached hydrogen (secondary N) is 1. The minimum absolute atomic E-state index is 0.845. The average Bonchev–Trinajstić information content (AvgIpc) is 2.38. The molecular weight excluding hydrogens is 232 g/mol. The summed E-state index contributed by atoms with van der Waals surface area (Å²) in [6.07, 6.45) is 7.92. The van der Waals surface area contributed by atoms with Crippen LogP contribution in [0.25, 0.3) is 0 Å². The van der Waals surface area contributed by atoms with Crippen molar-refractivity contribution in [2.75, 3.05) is 18.8 Å². The second-order valence-corrected chi connectivity index (χ2v) is 5.84. The summed E-state index contributed by atoms with van der Waals surface area (Å²) in [5, 5.41) is 3.52. The molecule has 1 rings (SSSR count). The number of unbranched alkanes of at least 4 members (excludes halogenated alkanes) is 3. The molecule has 0 saturated carbocycles. The van der Waals surface area contributed by atoms with Gasteiger partial charge in [-0.15, -0.1) is 0 Å². The van der Waals surface area contributed by atoms with Crippen molar-refractivity contribution in [2.24, 2.45) is 5.92 Å². The Bertz CT molecular complexity index is 317. The minimum atomic E-state index is 0.845. The lowest BCUT2D eigenvalue weighted by atomic mass is 10.0. The third kappa shape index (κ3) is 8.66. The number of benzene rings is 1. The highest BCUT2D eigenvalue weighted by molar-refractivity contribution is 5.39. The van der Waals surface area contributed by atoms with Crippen molar-refractivity contribution in [3.05, 3.63) is 29.8 Å². The standard InChI is InChI=1S/C17H30N2/c1-15(2)7-5-3-4-6-13-19-14-12-16-8-10-17(18)11-9-16/h8-11,15,19H,3-7,12-14,18H2,1-2H3. The maximum absolute atomic E-state index is 5.66. The molecule has 1 aromatic rings. The van der Waals surface area contributed by atoms with E-state index in [1.807, 2.05) is 12.1 Å². The number of rotatable bonds is 10. The quantitative estimate of drug-likeness (QED) is 0.494. The van der Waals surface area contributed by atoms with Crippen LogP contribution in [0.1, 0.15) is 51.5 Å². The molecule has 0 amide bonds. The van der Waals surface area contributed by atoms with Gasteiger partial charge in [0.1, 0.15) is 0 Å². The normalized spacial score (nSPS) is 11.1. The second kappa shape index (κ2) is 9.85. The van der Waals surface area contributed by atoms with Gasteiger partial charge in [0.15, 0.2) is 0 Å². The molecule has 19 heavy (non-hydrogen) atoms. The highest BCUT2D eigenvalue weighted by atomic mass is 14.8. The zero-order chi connectivity index (χ0) is 13.9. The van der Waals surface area contributed by atoms with Gasteiger partial charge in [0.2, 0.25) is 0 Å². The van der Waals surface area contributed by atoms with Crippen LogP contribution in [-0.4, -0.2) is 13.1 Å². The number of hydrogen-bond acceptors (Lipinski definition) is 2. The maximum atomic E-state index is 5.66. The van der Waals surface area contributed by atoms with Gasteiger partial charge in [-0.2, -0.15) is 0 Å². The van der Waals surface area contributed by atoms with Gasteiger partial charge in [-0.05, 0) is 49.5 Å². The molecule has 108 valence electrons. The van der Waals surface area contributed by atoms with Crippen LogP contribution in [0.3, 0.4) is 0 Å².